The predicted molar refractivity (Wildman–Crippen MR) is 82.3 cm³/mol. The molecule has 2 atom stereocenters. The van der Waals surface area contributed by atoms with Crippen molar-refractivity contribution in [1.29, 1.82) is 0 Å². The van der Waals surface area contributed by atoms with Gasteiger partial charge in [0, 0.05) is 5.69 Å². The Bertz CT molecular complexity index is 625. The van der Waals surface area contributed by atoms with Crippen LogP contribution < -0.4 is 15.4 Å². The highest BCUT2D eigenvalue weighted by Crippen LogP contribution is 2.38. The Morgan fingerprint density at radius 3 is 2.38 bits per heavy atom. The second kappa shape index (κ2) is 5.58. The van der Waals surface area contributed by atoms with Crippen molar-refractivity contribution in [3.05, 3.63) is 60.2 Å². The lowest BCUT2D eigenvalue weighted by molar-refractivity contribution is -0.126. The Kier molecular flexibility index (Phi) is 3.62. The quantitative estimate of drug-likeness (QED) is 0.877. The van der Waals surface area contributed by atoms with Gasteiger partial charge in [-0.3, -0.25) is 4.79 Å². The molecule has 0 radical (unpaired) electrons. The average Bonchev–Trinajstić information content (AvgIpc) is 2.54. The Hall–Kier alpha value is -2.33. The highest BCUT2D eigenvalue weighted by Gasteiger charge is 2.46. The molecule has 4 heteroatoms. The minimum Gasteiger partial charge on any atom is -0.494 e. The van der Waals surface area contributed by atoms with Gasteiger partial charge < -0.3 is 15.4 Å². The van der Waals surface area contributed by atoms with Crippen molar-refractivity contribution in [2.24, 2.45) is 5.73 Å². The van der Waals surface area contributed by atoms with Gasteiger partial charge in [0.15, 0.2) is 0 Å². The van der Waals surface area contributed by atoms with Crippen LogP contribution in [0.4, 0.5) is 5.69 Å². The molecular weight excluding hydrogens is 264 g/mol. The minimum absolute atomic E-state index is 0.0481. The number of benzene rings is 2. The Morgan fingerprint density at radius 2 is 1.76 bits per heavy atom. The molecule has 0 unspecified atom stereocenters. The summed E-state index contributed by atoms with van der Waals surface area (Å²) < 4.78 is 5.42. The standard InChI is InChI=1S/C17H18N2O2/c1-2-21-14-10-8-13(9-11-14)19-16(15(18)17(19)20)12-6-4-3-5-7-12/h3-11,15-16H,2,18H2,1H3/t15-,16+/m1/s1. The highest BCUT2D eigenvalue weighted by molar-refractivity contribution is 6.05. The first-order valence-corrected chi connectivity index (χ1v) is 7.09. The van der Waals surface area contributed by atoms with Crippen LogP contribution in [0.5, 0.6) is 5.75 Å². The van der Waals surface area contributed by atoms with Crippen molar-refractivity contribution in [3.8, 4) is 5.75 Å². The molecule has 0 spiro atoms. The number of anilines is 1. The summed E-state index contributed by atoms with van der Waals surface area (Å²) in [5.74, 6) is 0.753. The maximum atomic E-state index is 12.1. The molecule has 4 nitrogen and oxygen atoms in total. The van der Waals surface area contributed by atoms with Gasteiger partial charge in [-0.25, -0.2) is 0 Å². The molecule has 0 bridgehead atoms. The molecule has 1 saturated heterocycles. The number of hydrogen-bond donors (Lipinski definition) is 1. The van der Waals surface area contributed by atoms with Crippen molar-refractivity contribution >= 4 is 11.6 Å². The molecule has 1 fully saturated rings. The van der Waals surface area contributed by atoms with Gasteiger partial charge in [0.2, 0.25) is 5.91 Å². The van der Waals surface area contributed by atoms with Gasteiger partial charge in [0.1, 0.15) is 11.8 Å². The second-order valence-corrected chi connectivity index (χ2v) is 5.02. The van der Waals surface area contributed by atoms with E-state index in [1.54, 1.807) is 4.90 Å². The molecular formula is C17H18N2O2. The van der Waals surface area contributed by atoms with Gasteiger partial charge in [-0.05, 0) is 36.8 Å². The van der Waals surface area contributed by atoms with E-state index in [2.05, 4.69) is 0 Å². The maximum Gasteiger partial charge on any atom is 0.247 e. The second-order valence-electron chi connectivity index (χ2n) is 5.02. The molecule has 2 N–H and O–H groups in total. The van der Waals surface area contributed by atoms with Crippen LogP contribution >= 0.6 is 0 Å². The number of amides is 1. The summed E-state index contributed by atoms with van der Waals surface area (Å²) in [5.41, 5.74) is 7.89. The van der Waals surface area contributed by atoms with E-state index in [9.17, 15) is 4.79 Å². The van der Waals surface area contributed by atoms with Crippen molar-refractivity contribution in [1.82, 2.24) is 0 Å². The van der Waals surface area contributed by atoms with Crippen LogP contribution in [0.1, 0.15) is 18.5 Å². The number of rotatable bonds is 4. The highest BCUT2D eigenvalue weighted by atomic mass is 16.5. The summed E-state index contributed by atoms with van der Waals surface area (Å²) >= 11 is 0. The van der Waals surface area contributed by atoms with E-state index in [1.807, 2.05) is 61.5 Å². The van der Waals surface area contributed by atoms with Gasteiger partial charge in [0.25, 0.3) is 0 Å². The van der Waals surface area contributed by atoms with Crippen LogP contribution in [0.2, 0.25) is 0 Å². The van der Waals surface area contributed by atoms with E-state index in [-0.39, 0.29) is 11.9 Å². The van der Waals surface area contributed by atoms with Crippen LogP contribution in [0.25, 0.3) is 0 Å². The molecule has 0 saturated carbocycles. The molecule has 0 aromatic heterocycles. The number of carbonyl (C=O) groups excluding carboxylic acids is 1. The largest absolute Gasteiger partial charge is 0.494 e. The van der Waals surface area contributed by atoms with Crippen LogP contribution in [0.3, 0.4) is 0 Å². The van der Waals surface area contributed by atoms with Crippen LogP contribution in [0, 0.1) is 0 Å². The van der Waals surface area contributed by atoms with Gasteiger partial charge >= 0.3 is 0 Å². The topological polar surface area (TPSA) is 55.6 Å². The third-order valence-electron chi connectivity index (χ3n) is 3.71. The number of nitrogens with two attached hydrogens (primary N) is 1. The van der Waals surface area contributed by atoms with Gasteiger partial charge in [-0.2, -0.15) is 0 Å². The minimum atomic E-state index is -0.473. The van der Waals surface area contributed by atoms with Crippen LogP contribution in [-0.2, 0) is 4.79 Å². The fourth-order valence-electron chi connectivity index (χ4n) is 2.68. The number of ether oxygens (including phenoxy) is 1. The summed E-state index contributed by atoms with van der Waals surface area (Å²) in [4.78, 5) is 13.9. The van der Waals surface area contributed by atoms with E-state index >= 15 is 0 Å². The Labute approximate surface area is 124 Å². The smallest absolute Gasteiger partial charge is 0.247 e. The summed E-state index contributed by atoms with van der Waals surface area (Å²) in [7, 11) is 0. The molecule has 108 valence electrons. The molecule has 2 aromatic carbocycles. The van der Waals surface area contributed by atoms with Crippen molar-refractivity contribution in [3.63, 3.8) is 0 Å². The number of β-lactam (4-membered cyclic amide) rings is 1. The summed E-state index contributed by atoms with van der Waals surface area (Å²) in [6.45, 7) is 2.57. The maximum absolute atomic E-state index is 12.1. The number of hydrogen-bond acceptors (Lipinski definition) is 3. The van der Waals surface area contributed by atoms with E-state index in [4.69, 9.17) is 10.5 Å². The summed E-state index contributed by atoms with van der Waals surface area (Å²) in [6, 6.07) is 16.8. The molecule has 0 aliphatic carbocycles. The molecule has 2 aromatic rings. The molecule has 1 aliphatic rings. The first kappa shape index (κ1) is 13.6. The lowest BCUT2D eigenvalue weighted by Crippen LogP contribution is -2.63. The van der Waals surface area contributed by atoms with Crippen molar-refractivity contribution in [2.75, 3.05) is 11.5 Å². The average molecular weight is 282 g/mol. The summed E-state index contributed by atoms with van der Waals surface area (Å²) in [6.07, 6.45) is 0. The van der Waals surface area contributed by atoms with Crippen molar-refractivity contribution < 1.29 is 9.53 Å². The van der Waals surface area contributed by atoms with Crippen LogP contribution in [-0.4, -0.2) is 18.6 Å². The fourth-order valence-corrected chi connectivity index (χ4v) is 2.68. The normalized spacial score (nSPS) is 21.0. The zero-order valence-corrected chi connectivity index (χ0v) is 11.9. The first-order valence-electron chi connectivity index (χ1n) is 7.09. The molecule has 1 heterocycles. The monoisotopic (exact) mass is 282 g/mol. The molecule has 1 amide bonds. The molecule has 1 aliphatic heterocycles. The van der Waals surface area contributed by atoms with Crippen LogP contribution in [0.15, 0.2) is 54.6 Å². The van der Waals surface area contributed by atoms with Gasteiger partial charge in [0.05, 0.1) is 12.6 Å². The van der Waals surface area contributed by atoms with E-state index in [1.165, 1.54) is 0 Å². The molecule has 21 heavy (non-hydrogen) atoms. The van der Waals surface area contributed by atoms with Crippen molar-refractivity contribution in [2.45, 2.75) is 19.0 Å². The summed E-state index contributed by atoms with van der Waals surface area (Å²) in [5, 5.41) is 0. The van der Waals surface area contributed by atoms with E-state index in [0.717, 1.165) is 17.0 Å². The van der Waals surface area contributed by atoms with Gasteiger partial charge in [-0.1, -0.05) is 30.3 Å². The lowest BCUT2D eigenvalue weighted by atomic mass is 9.88. The zero-order valence-electron chi connectivity index (χ0n) is 11.9. The van der Waals surface area contributed by atoms with E-state index < -0.39 is 6.04 Å². The number of carbonyl (C=O) groups is 1. The third-order valence-corrected chi connectivity index (χ3v) is 3.71. The first-order chi connectivity index (χ1) is 10.2. The fraction of sp³-hybridized carbons (Fsp3) is 0.235. The number of nitrogens with zero attached hydrogens (tertiary/aromatic N) is 1. The SMILES string of the molecule is CCOc1ccc(N2C(=O)[C@H](N)[C@@H]2c2ccccc2)cc1. The predicted octanol–water partition coefficient (Wildman–Crippen LogP) is 2.50. The zero-order chi connectivity index (χ0) is 14.8. The van der Waals surface area contributed by atoms with Gasteiger partial charge in [-0.15, -0.1) is 0 Å². The molecule has 3 rings (SSSR count). The van der Waals surface area contributed by atoms with E-state index in [0.29, 0.717) is 6.61 Å². The lowest BCUT2D eigenvalue weighted by Gasteiger charge is -2.45. The Balaban J connectivity index is 1.87. The third kappa shape index (κ3) is 2.38. The Morgan fingerprint density at radius 1 is 1.10 bits per heavy atom.